The van der Waals surface area contributed by atoms with E-state index in [9.17, 15) is 19.7 Å². The standard InChI is InChI=1S/C19H19N3O4/c1-14(23)20-18(12-16-9-6-10-17(11-16)22(25)26)19(24)21(2)13-15-7-4-3-5-8-15/h3-12H,13H2,1-2H3,(H,20,23)/b18-12-. The second-order valence-electron chi connectivity index (χ2n) is 5.74. The van der Waals surface area contributed by atoms with E-state index in [1.54, 1.807) is 13.1 Å². The SMILES string of the molecule is CC(=O)N/C(=C\c1cccc([N+](=O)[O-])c1)C(=O)N(C)Cc1ccccc1. The number of amides is 2. The van der Waals surface area contributed by atoms with Gasteiger partial charge in [0.25, 0.3) is 11.6 Å². The van der Waals surface area contributed by atoms with E-state index in [1.807, 2.05) is 30.3 Å². The van der Waals surface area contributed by atoms with Crippen LogP contribution in [0, 0.1) is 10.1 Å². The van der Waals surface area contributed by atoms with Crippen LogP contribution in [0.3, 0.4) is 0 Å². The molecule has 1 N–H and O–H groups in total. The topological polar surface area (TPSA) is 92.5 Å². The van der Waals surface area contributed by atoms with Crippen molar-refractivity contribution in [1.82, 2.24) is 10.2 Å². The predicted molar refractivity (Wildman–Crippen MR) is 97.8 cm³/mol. The number of hydrogen-bond donors (Lipinski definition) is 1. The third kappa shape index (κ3) is 5.27. The van der Waals surface area contributed by atoms with Gasteiger partial charge in [0.2, 0.25) is 5.91 Å². The van der Waals surface area contributed by atoms with Crippen molar-refractivity contribution in [2.45, 2.75) is 13.5 Å². The Morgan fingerprint density at radius 1 is 1.15 bits per heavy atom. The number of carbonyl (C=O) groups excluding carboxylic acids is 2. The largest absolute Gasteiger partial charge is 0.336 e. The van der Waals surface area contributed by atoms with Crippen molar-refractivity contribution in [3.8, 4) is 0 Å². The fourth-order valence-corrected chi connectivity index (χ4v) is 2.37. The first kappa shape index (κ1) is 18.9. The molecule has 0 saturated heterocycles. The van der Waals surface area contributed by atoms with Gasteiger partial charge in [-0.25, -0.2) is 0 Å². The van der Waals surface area contributed by atoms with Crippen LogP contribution in [0.2, 0.25) is 0 Å². The summed E-state index contributed by atoms with van der Waals surface area (Å²) in [5, 5.41) is 13.4. The molecule has 0 unspecified atom stereocenters. The molecule has 0 bridgehead atoms. The van der Waals surface area contributed by atoms with Gasteiger partial charge in [0.05, 0.1) is 4.92 Å². The van der Waals surface area contributed by atoms with E-state index >= 15 is 0 Å². The molecule has 26 heavy (non-hydrogen) atoms. The van der Waals surface area contributed by atoms with Gasteiger partial charge in [-0.15, -0.1) is 0 Å². The number of carbonyl (C=O) groups is 2. The molecule has 0 aromatic heterocycles. The van der Waals surface area contributed by atoms with Crippen LogP contribution in [-0.2, 0) is 16.1 Å². The number of nitrogens with zero attached hydrogens (tertiary/aromatic N) is 2. The van der Waals surface area contributed by atoms with Crippen molar-refractivity contribution < 1.29 is 14.5 Å². The Labute approximate surface area is 151 Å². The summed E-state index contributed by atoms with van der Waals surface area (Å²) in [6, 6.07) is 15.3. The lowest BCUT2D eigenvalue weighted by Gasteiger charge is -2.19. The molecule has 7 nitrogen and oxygen atoms in total. The van der Waals surface area contributed by atoms with E-state index in [-0.39, 0.29) is 11.4 Å². The molecule has 0 aliphatic carbocycles. The summed E-state index contributed by atoms with van der Waals surface area (Å²) >= 11 is 0. The Kier molecular flexibility index (Phi) is 6.21. The normalized spacial score (nSPS) is 10.9. The zero-order valence-electron chi connectivity index (χ0n) is 14.5. The Hall–Kier alpha value is -3.48. The van der Waals surface area contributed by atoms with Gasteiger partial charge < -0.3 is 10.2 Å². The Morgan fingerprint density at radius 2 is 1.85 bits per heavy atom. The molecule has 134 valence electrons. The molecule has 2 rings (SSSR count). The third-order valence-electron chi connectivity index (χ3n) is 3.54. The molecule has 0 saturated carbocycles. The summed E-state index contributed by atoms with van der Waals surface area (Å²) in [7, 11) is 1.62. The van der Waals surface area contributed by atoms with E-state index in [1.165, 1.54) is 36.1 Å². The van der Waals surface area contributed by atoms with Crippen LogP contribution < -0.4 is 5.32 Å². The van der Waals surface area contributed by atoms with Crippen LogP contribution in [0.1, 0.15) is 18.1 Å². The molecule has 0 aliphatic rings. The van der Waals surface area contributed by atoms with Crippen LogP contribution in [-0.4, -0.2) is 28.7 Å². The molecular weight excluding hydrogens is 334 g/mol. The van der Waals surface area contributed by atoms with Crippen LogP contribution in [0.4, 0.5) is 5.69 Å². The molecule has 0 atom stereocenters. The summed E-state index contributed by atoms with van der Waals surface area (Å²) in [6.45, 7) is 1.66. The fourth-order valence-electron chi connectivity index (χ4n) is 2.37. The van der Waals surface area contributed by atoms with Crippen LogP contribution in [0.15, 0.2) is 60.3 Å². The highest BCUT2D eigenvalue weighted by Crippen LogP contribution is 2.16. The number of nitro groups is 1. The summed E-state index contributed by atoms with van der Waals surface area (Å²) < 4.78 is 0. The fraction of sp³-hybridized carbons (Fsp3) is 0.158. The minimum absolute atomic E-state index is 0.0522. The van der Waals surface area contributed by atoms with E-state index in [0.717, 1.165) is 5.56 Å². The zero-order chi connectivity index (χ0) is 19.1. The van der Waals surface area contributed by atoms with Gasteiger partial charge in [0, 0.05) is 32.6 Å². The maximum absolute atomic E-state index is 12.7. The molecule has 0 radical (unpaired) electrons. The molecule has 2 aromatic rings. The number of nitro benzene ring substituents is 1. The molecule has 0 spiro atoms. The Bertz CT molecular complexity index is 847. The summed E-state index contributed by atoms with van der Waals surface area (Å²) in [5.74, 6) is -0.793. The number of nitrogens with one attached hydrogen (secondary N) is 1. The van der Waals surface area contributed by atoms with Crippen molar-refractivity contribution in [1.29, 1.82) is 0 Å². The second-order valence-corrected chi connectivity index (χ2v) is 5.74. The number of likely N-dealkylation sites (N-methyl/N-ethyl adjacent to an activating group) is 1. The van der Waals surface area contributed by atoms with Crippen molar-refractivity contribution in [2.24, 2.45) is 0 Å². The van der Waals surface area contributed by atoms with E-state index in [2.05, 4.69) is 5.32 Å². The molecule has 0 aliphatic heterocycles. The summed E-state index contributed by atoms with van der Waals surface area (Å²) in [6.07, 6.45) is 1.43. The van der Waals surface area contributed by atoms with Crippen LogP contribution >= 0.6 is 0 Å². The maximum Gasteiger partial charge on any atom is 0.270 e. The van der Waals surface area contributed by atoms with Gasteiger partial charge >= 0.3 is 0 Å². The Morgan fingerprint density at radius 3 is 2.46 bits per heavy atom. The average Bonchev–Trinajstić information content (AvgIpc) is 2.61. The van der Waals surface area contributed by atoms with Crippen molar-refractivity contribution >= 4 is 23.6 Å². The van der Waals surface area contributed by atoms with Gasteiger partial charge in [-0.05, 0) is 17.2 Å². The third-order valence-corrected chi connectivity index (χ3v) is 3.54. The van der Waals surface area contributed by atoms with Crippen LogP contribution in [0.25, 0.3) is 6.08 Å². The van der Waals surface area contributed by atoms with Gasteiger partial charge in [0.1, 0.15) is 5.70 Å². The highest BCUT2D eigenvalue weighted by Gasteiger charge is 2.17. The monoisotopic (exact) mass is 353 g/mol. The molecule has 2 amide bonds. The number of hydrogen-bond acceptors (Lipinski definition) is 4. The predicted octanol–water partition coefficient (Wildman–Crippen LogP) is 2.73. The van der Waals surface area contributed by atoms with E-state index in [4.69, 9.17) is 0 Å². The molecule has 0 fully saturated rings. The molecular formula is C19H19N3O4. The maximum atomic E-state index is 12.7. The lowest BCUT2D eigenvalue weighted by Crippen LogP contribution is -2.35. The Balaban J connectivity index is 2.28. The molecule has 2 aromatic carbocycles. The highest BCUT2D eigenvalue weighted by atomic mass is 16.6. The number of non-ortho nitro benzene ring substituents is 1. The minimum Gasteiger partial charge on any atom is -0.336 e. The highest BCUT2D eigenvalue weighted by molar-refractivity contribution is 6.00. The summed E-state index contributed by atoms with van der Waals surface area (Å²) in [4.78, 5) is 36.0. The number of benzene rings is 2. The number of rotatable bonds is 6. The van der Waals surface area contributed by atoms with E-state index in [0.29, 0.717) is 12.1 Å². The van der Waals surface area contributed by atoms with Gasteiger partial charge in [-0.2, -0.15) is 0 Å². The van der Waals surface area contributed by atoms with Crippen molar-refractivity contribution in [2.75, 3.05) is 7.05 Å². The summed E-state index contributed by atoms with van der Waals surface area (Å²) in [5.41, 5.74) is 1.35. The van der Waals surface area contributed by atoms with Crippen molar-refractivity contribution in [3.63, 3.8) is 0 Å². The molecule has 0 heterocycles. The van der Waals surface area contributed by atoms with Gasteiger partial charge in [-0.1, -0.05) is 42.5 Å². The average molecular weight is 353 g/mol. The van der Waals surface area contributed by atoms with Crippen molar-refractivity contribution in [3.05, 3.63) is 81.5 Å². The van der Waals surface area contributed by atoms with Gasteiger partial charge in [-0.3, -0.25) is 19.7 Å². The lowest BCUT2D eigenvalue weighted by molar-refractivity contribution is -0.384. The quantitative estimate of drug-likeness (QED) is 0.491. The van der Waals surface area contributed by atoms with Crippen LogP contribution in [0.5, 0.6) is 0 Å². The molecule has 7 heteroatoms. The minimum atomic E-state index is -0.515. The zero-order valence-corrected chi connectivity index (χ0v) is 14.5. The first-order chi connectivity index (χ1) is 12.4. The van der Waals surface area contributed by atoms with Gasteiger partial charge in [0.15, 0.2) is 0 Å². The first-order valence-corrected chi connectivity index (χ1v) is 7.90. The first-order valence-electron chi connectivity index (χ1n) is 7.90. The smallest absolute Gasteiger partial charge is 0.270 e. The second kappa shape index (κ2) is 8.57. The lowest BCUT2D eigenvalue weighted by atomic mass is 10.1. The van der Waals surface area contributed by atoms with E-state index < -0.39 is 16.7 Å².